The van der Waals surface area contributed by atoms with Crippen LogP contribution >= 0.6 is 11.8 Å². The number of likely N-dealkylation sites (tertiary alicyclic amines) is 1. The largest absolute Gasteiger partial charge is 0.438 e. The van der Waals surface area contributed by atoms with E-state index in [1.54, 1.807) is 0 Å². The van der Waals surface area contributed by atoms with Gasteiger partial charge < -0.3 is 14.6 Å². The van der Waals surface area contributed by atoms with Crippen molar-refractivity contribution in [3.63, 3.8) is 0 Å². The summed E-state index contributed by atoms with van der Waals surface area (Å²) in [6.45, 7) is 1.69. The molecule has 6 heteroatoms. The van der Waals surface area contributed by atoms with Crippen molar-refractivity contribution in [3.05, 3.63) is 18.4 Å². The second-order valence-corrected chi connectivity index (χ2v) is 7.70. The van der Waals surface area contributed by atoms with E-state index in [0.717, 1.165) is 19.1 Å². The maximum absolute atomic E-state index is 12.1. The Morgan fingerprint density at radius 3 is 2.95 bits per heavy atom. The van der Waals surface area contributed by atoms with Crippen LogP contribution in [-0.4, -0.2) is 51.5 Å². The third kappa shape index (κ3) is 2.15. The van der Waals surface area contributed by atoms with Gasteiger partial charge in [0.05, 0.1) is 10.9 Å². The summed E-state index contributed by atoms with van der Waals surface area (Å²) in [5.74, 6) is 1.51. The zero-order valence-corrected chi connectivity index (χ0v) is 12.2. The predicted molar refractivity (Wildman–Crippen MR) is 76.8 cm³/mol. The fraction of sp³-hybridized carbons (Fsp3) is 0.714. The van der Waals surface area contributed by atoms with Gasteiger partial charge in [0.25, 0.3) is 5.91 Å². The van der Waals surface area contributed by atoms with E-state index in [1.807, 2.05) is 16.7 Å². The number of oxazole rings is 1. The molecule has 4 rings (SSSR count). The van der Waals surface area contributed by atoms with Crippen molar-refractivity contribution in [2.45, 2.75) is 42.5 Å². The Kier molecular flexibility index (Phi) is 3.03. The zero-order valence-electron chi connectivity index (χ0n) is 11.4. The number of carbonyl (C=O) groups excluding carboxylic acids is 1. The quantitative estimate of drug-likeness (QED) is 0.915. The third-order valence-corrected chi connectivity index (χ3v) is 6.28. The van der Waals surface area contributed by atoms with Gasteiger partial charge in [0, 0.05) is 30.9 Å². The first-order chi connectivity index (χ1) is 9.74. The van der Waals surface area contributed by atoms with Gasteiger partial charge in [-0.15, -0.1) is 11.8 Å². The first-order valence-corrected chi connectivity index (χ1v) is 8.30. The summed E-state index contributed by atoms with van der Waals surface area (Å²) in [6.07, 6.45) is 8.05. The second-order valence-electron chi connectivity index (χ2n) is 6.22. The number of carbonyl (C=O) groups is 1. The highest BCUT2D eigenvalue weighted by molar-refractivity contribution is 8.01. The van der Waals surface area contributed by atoms with Crippen LogP contribution in [0.3, 0.4) is 0 Å². The summed E-state index contributed by atoms with van der Waals surface area (Å²) >= 11 is 2.03. The number of aromatic nitrogens is 1. The van der Waals surface area contributed by atoms with Crippen molar-refractivity contribution in [2.24, 2.45) is 0 Å². The Morgan fingerprint density at radius 1 is 1.45 bits per heavy atom. The molecule has 1 spiro atoms. The van der Waals surface area contributed by atoms with Gasteiger partial charge >= 0.3 is 0 Å². The van der Waals surface area contributed by atoms with E-state index in [0.29, 0.717) is 11.8 Å². The van der Waals surface area contributed by atoms with Crippen LogP contribution in [0.4, 0.5) is 0 Å². The molecule has 1 unspecified atom stereocenters. The normalized spacial score (nSPS) is 28.4. The van der Waals surface area contributed by atoms with Crippen LogP contribution < -0.4 is 5.32 Å². The SMILES string of the molecule is O=C(c1cnco1)N1CC2(CC(NC3CCC3)CS2)C1. The van der Waals surface area contributed by atoms with Crippen molar-refractivity contribution in [1.82, 2.24) is 15.2 Å². The maximum atomic E-state index is 12.1. The van der Waals surface area contributed by atoms with Gasteiger partial charge in [0.1, 0.15) is 0 Å². The van der Waals surface area contributed by atoms with Gasteiger partial charge in [-0.1, -0.05) is 6.42 Å². The summed E-state index contributed by atoms with van der Waals surface area (Å²) in [4.78, 5) is 17.8. The van der Waals surface area contributed by atoms with E-state index < -0.39 is 0 Å². The van der Waals surface area contributed by atoms with Gasteiger partial charge in [0.2, 0.25) is 5.76 Å². The summed E-state index contributed by atoms with van der Waals surface area (Å²) < 4.78 is 5.37. The van der Waals surface area contributed by atoms with E-state index in [4.69, 9.17) is 4.42 Å². The molecule has 1 aromatic heterocycles. The van der Waals surface area contributed by atoms with Gasteiger partial charge in [-0.05, 0) is 19.3 Å². The van der Waals surface area contributed by atoms with Gasteiger partial charge in [-0.3, -0.25) is 4.79 Å². The van der Waals surface area contributed by atoms with Crippen molar-refractivity contribution in [3.8, 4) is 0 Å². The van der Waals surface area contributed by atoms with E-state index in [9.17, 15) is 4.79 Å². The van der Waals surface area contributed by atoms with Crippen LogP contribution in [0.2, 0.25) is 0 Å². The molecule has 1 atom stereocenters. The molecule has 2 aliphatic heterocycles. The molecule has 1 amide bonds. The maximum Gasteiger partial charge on any atom is 0.291 e. The number of hydrogen-bond donors (Lipinski definition) is 1. The fourth-order valence-electron chi connectivity index (χ4n) is 3.35. The molecule has 1 aliphatic carbocycles. The molecule has 1 N–H and O–H groups in total. The van der Waals surface area contributed by atoms with E-state index in [1.165, 1.54) is 44.0 Å². The molecule has 2 saturated heterocycles. The molecule has 108 valence electrons. The standard InChI is InChI=1S/C14H19N3O2S/c18-13(12-5-15-9-19-12)17-7-14(8-17)4-11(6-20-14)16-10-2-1-3-10/h5,9-11,16H,1-4,6-8H2. The molecule has 1 aromatic rings. The van der Waals surface area contributed by atoms with Crippen LogP contribution in [0.25, 0.3) is 0 Å². The molecule has 3 heterocycles. The zero-order chi connectivity index (χ0) is 13.6. The first-order valence-electron chi connectivity index (χ1n) is 7.32. The van der Waals surface area contributed by atoms with Crippen molar-refractivity contribution in [1.29, 1.82) is 0 Å². The molecule has 1 saturated carbocycles. The number of hydrogen-bond acceptors (Lipinski definition) is 5. The lowest BCUT2D eigenvalue weighted by Gasteiger charge is -2.47. The topological polar surface area (TPSA) is 58.4 Å². The monoisotopic (exact) mass is 293 g/mol. The first kappa shape index (κ1) is 12.7. The highest BCUT2D eigenvalue weighted by atomic mass is 32.2. The Labute approximate surface area is 122 Å². The molecular formula is C14H19N3O2S. The molecule has 3 fully saturated rings. The number of amides is 1. The fourth-order valence-corrected chi connectivity index (χ4v) is 4.93. The Bertz CT molecular complexity index is 495. The van der Waals surface area contributed by atoms with E-state index in [2.05, 4.69) is 10.3 Å². The van der Waals surface area contributed by atoms with Gasteiger partial charge in [-0.2, -0.15) is 0 Å². The van der Waals surface area contributed by atoms with Crippen molar-refractivity contribution >= 4 is 17.7 Å². The minimum atomic E-state index is -0.0240. The summed E-state index contributed by atoms with van der Waals surface area (Å²) in [7, 11) is 0. The number of thioether (sulfide) groups is 1. The molecular weight excluding hydrogens is 274 g/mol. The van der Waals surface area contributed by atoms with Crippen LogP contribution in [0.1, 0.15) is 36.2 Å². The second kappa shape index (κ2) is 4.77. The highest BCUT2D eigenvalue weighted by Crippen LogP contribution is 2.45. The van der Waals surface area contributed by atoms with Gasteiger partial charge in [0.15, 0.2) is 6.39 Å². The Morgan fingerprint density at radius 2 is 2.30 bits per heavy atom. The molecule has 0 aromatic carbocycles. The van der Waals surface area contributed by atoms with E-state index in [-0.39, 0.29) is 10.7 Å². The highest BCUT2D eigenvalue weighted by Gasteiger charge is 2.51. The minimum absolute atomic E-state index is 0.0240. The lowest BCUT2D eigenvalue weighted by molar-refractivity contribution is 0.0517. The van der Waals surface area contributed by atoms with Crippen molar-refractivity contribution in [2.75, 3.05) is 18.8 Å². The molecule has 20 heavy (non-hydrogen) atoms. The summed E-state index contributed by atoms with van der Waals surface area (Å²) in [6, 6.07) is 1.38. The molecule has 3 aliphatic rings. The lowest BCUT2D eigenvalue weighted by Crippen LogP contribution is -2.61. The smallest absolute Gasteiger partial charge is 0.291 e. The molecule has 0 bridgehead atoms. The molecule has 0 radical (unpaired) electrons. The summed E-state index contributed by atoms with van der Waals surface area (Å²) in [5.41, 5.74) is 0. The number of rotatable bonds is 3. The van der Waals surface area contributed by atoms with Crippen LogP contribution in [0, 0.1) is 0 Å². The van der Waals surface area contributed by atoms with E-state index >= 15 is 0 Å². The lowest BCUT2D eigenvalue weighted by atomic mass is 9.89. The number of nitrogens with zero attached hydrogens (tertiary/aromatic N) is 2. The average molecular weight is 293 g/mol. The van der Waals surface area contributed by atoms with Crippen LogP contribution in [0.15, 0.2) is 17.0 Å². The van der Waals surface area contributed by atoms with Gasteiger partial charge in [-0.25, -0.2) is 4.98 Å². The minimum Gasteiger partial charge on any atom is -0.438 e. The van der Waals surface area contributed by atoms with Crippen LogP contribution in [-0.2, 0) is 0 Å². The predicted octanol–water partition coefficient (Wildman–Crippen LogP) is 1.52. The Hall–Kier alpha value is -1.01. The Balaban J connectivity index is 1.31. The summed E-state index contributed by atoms with van der Waals surface area (Å²) in [5, 5.41) is 3.76. The van der Waals surface area contributed by atoms with Crippen molar-refractivity contribution < 1.29 is 9.21 Å². The van der Waals surface area contributed by atoms with Crippen LogP contribution in [0.5, 0.6) is 0 Å². The third-order valence-electron chi connectivity index (χ3n) is 4.67. The number of nitrogens with one attached hydrogen (secondary N) is 1. The molecule has 5 nitrogen and oxygen atoms in total. The average Bonchev–Trinajstić information content (AvgIpc) is 3.00.